The molecule has 5 heteroatoms. The predicted molar refractivity (Wildman–Crippen MR) is 53.7 cm³/mol. The molecule has 13 heavy (non-hydrogen) atoms. The van der Waals surface area contributed by atoms with Gasteiger partial charge in [0.15, 0.2) is 0 Å². The third kappa shape index (κ3) is 7.01. The summed E-state index contributed by atoms with van der Waals surface area (Å²) in [5, 5.41) is 17.5. The minimum atomic E-state index is -0.668. The van der Waals surface area contributed by atoms with Gasteiger partial charge in [0.1, 0.15) is 5.78 Å². The molecule has 0 radical (unpaired) electrons. The smallest absolute Gasteiger partial charge is 0.146 e. The average molecular weight is 207 g/mol. The Hall–Kier alpha value is -0.100. The molecule has 4 nitrogen and oxygen atoms in total. The van der Waals surface area contributed by atoms with Crippen LogP contribution in [-0.4, -0.2) is 46.3 Å². The van der Waals surface area contributed by atoms with Crippen molar-refractivity contribution in [1.82, 2.24) is 0 Å². The number of carbonyl (C=O) groups is 1. The summed E-state index contributed by atoms with van der Waals surface area (Å²) in [6.45, 7) is 1.25. The summed E-state index contributed by atoms with van der Waals surface area (Å²) in [4.78, 5) is 10.7. The van der Waals surface area contributed by atoms with E-state index in [2.05, 4.69) is 0 Å². The van der Waals surface area contributed by atoms with Gasteiger partial charge in [-0.2, -0.15) is 11.8 Å². The predicted octanol–water partition coefficient (Wildman–Crippen LogP) is -0.621. The van der Waals surface area contributed by atoms with Gasteiger partial charge in [0.2, 0.25) is 0 Å². The molecule has 0 aromatic heterocycles. The molecule has 0 heterocycles. The van der Waals surface area contributed by atoms with E-state index in [9.17, 15) is 4.79 Å². The van der Waals surface area contributed by atoms with Gasteiger partial charge in [-0.05, 0) is 19.1 Å². The minimum absolute atomic E-state index is 0.0108. The summed E-state index contributed by atoms with van der Waals surface area (Å²) >= 11 is 1.49. The SMILES string of the molecule is CC(=O)[C@@H](N)CCSCC(O)CO. The molecular formula is C8H17NO3S. The molecule has 0 aliphatic heterocycles. The topological polar surface area (TPSA) is 83.6 Å². The van der Waals surface area contributed by atoms with E-state index in [-0.39, 0.29) is 12.4 Å². The first-order chi connectivity index (χ1) is 6.07. The number of nitrogens with two attached hydrogens (primary N) is 1. The summed E-state index contributed by atoms with van der Waals surface area (Å²) in [6.07, 6.45) is -0.0448. The normalized spacial score (nSPS) is 15.4. The van der Waals surface area contributed by atoms with Crippen LogP contribution in [0.15, 0.2) is 0 Å². The molecule has 0 bridgehead atoms. The molecule has 0 aliphatic rings. The third-order valence-electron chi connectivity index (χ3n) is 1.62. The number of aliphatic hydroxyl groups excluding tert-OH is 2. The fourth-order valence-electron chi connectivity index (χ4n) is 0.686. The highest BCUT2D eigenvalue weighted by Crippen LogP contribution is 2.06. The maximum absolute atomic E-state index is 10.7. The van der Waals surface area contributed by atoms with Gasteiger partial charge in [-0.3, -0.25) is 4.79 Å². The fourth-order valence-corrected chi connectivity index (χ4v) is 1.65. The van der Waals surface area contributed by atoms with Gasteiger partial charge in [0, 0.05) is 5.75 Å². The largest absolute Gasteiger partial charge is 0.394 e. The number of thioether (sulfide) groups is 1. The lowest BCUT2D eigenvalue weighted by atomic mass is 10.2. The first-order valence-electron chi connectivity index (χ1n) is 4.20. The molecule has 1 unspecified atom stereocenters. The van der Waals surface area contributed by atoms with Crippen molar-refractivity contribution in [1.29, 1.82) is 0 Å². The Morgan fingerprint density at radius 2 is 2.23 bits per heavy atom. The lowest BCUT2D eigenvalue weighted by Gasteiger charge is -2.08. The Morgan fingerprint density at radius 1 is 1.62 bits per heavy atom. The molecule has 0 rings (SSSR count). The molecule has 0 aliphatic carbocycles. The van der Waals surface area contributed by atoms with Crippen molar-refractivity contribution in [2.75, 3.05) is 18.1 Å². The van der Waals surface area contributed by atoms with E-state index in [1.807, 2.05) is 0 Å². The van der Waals surface area contributed by atoms with E-state index >= 15 is 0 Å². The first-order valence-corrected chi connectivity index (χ1v) is 5.36. The zero-order valence-electron chi connectivity index (χ0n) is 7.77. The molecule has 0 saturated carbocycles. The van der Waals surface area contributed by atoms with E-state index in [4.69, 9.17) is 15.9 Å². The van der Waals surface area contributed by atoms with Crippen LogP contribution in [0.2, 0.25) is 0 Å². The Balaban J connectivity index is 3.30. The summed E-state index contributed by atoms with van der Waals surface area (Å²) in [5.74, 6) is 1.21. The van der Waals surface area contributed by atoms with Crippen LogP contribution in [-0.2, 0) is 4.79 Å². The van der Waals surface area contributed by atoms with Crippen LogP contribution in [0.25, 0.3) is 0 Å². The van der Waals surface area contributed by atoms with Crippen molar-refractivity contribution in [2.24, 2.45) is 5.73 Å². The zero-order chi connectivity index (χ0) is 10.3. The molecule has 0 spiro atoms. The molecule has 78 valence electrons. The molecule has 4 N–H and O–H groups in total. The summed E-state index contributed by atoms with van der Waals surface area (Å²) in [7, 11) is 0. The monoisotopic (exact) mass is 207 g/mol. The summed E-state index contributed by atoms with van der Waals surface area (Å²) in [5.41, 5.74) is 5.49. The van der Waals surface area contributed by atoms with Gasteiger partial charge in [0.25, 0.3) is 0 Å². The Bertz CT molecular complexity index is 154. The van der Waals surface area contributed by atoms with E-state index in [0.717, 1.165) is 5.75 Å². The van der Waals surface area contributed by atoms with Gasteiger partial charge in [0.05, 0.1) is 18.8 Å². The van der Waals surface area contributed by atoms with Gasteiger partial charge >= 0.3 is 0 Å². The van der Waals surface area contributed by atoms with Crippen LogP contribution in [0.5, 0.6) is 0 Å². The standard InChI is InChI=1S/C8H17NO3S/c1-6(11)8(9)2-3-13-5-7(12)4-10/h7-8,10,12H,2-5,9H2,1H3/t7?,8-/m0/s1. The van der Waals surface area contributed by atoms with E-state index in [0.29, 0.717) is 12.2 Å². The van der Waals surface area contributed by atoms with Crippen LogP contribution < -0.4 is 5.73 Å². The van der Waals surface area contributed by atoms with Crippen molar-refractivity contribution in [2.45, 2.75) is 25.5 Å². The van der Waals surface area contributed by atoms with Crippen LogP contribution in [0.1, 0.15) is 13.3 Å². The van der Waals surface area contributed by atoms with Gasteiger partial charge < -0.3 is 15.9 Å². The number of Topliss-reactive ketones (excluding diaryl/α,β-unsaturated/α-hetero) is 1. The van der Waals surface area contributed by atoms with Gasteiger partial charge in [-0.1, -0.05) is 0 Å². The quantitative estimate of drug-likeness (QED) is 0.485. The highest BCUT2D eigenvalue weighted by atomic mass is 32.2. The molecule has 0 fully saturated rings. The maximum atomic E-state index is 10.7. The molecular weight excluding hydrogens is 190 g/mol. The molecule has 0 aromatic rings. The second-order valence-electron chi connectivity index (χ2n) is 2.92. The van der Waals surface area contributed by atoms with Crippen LogP contribution in [0.4, 0.5) is 0 Å². The second kappa shape index (κ2) is 7.32. The molecule has 0 amide bonds. The Morgan fingerprint density at radius 3 is 2.69 bits per heavy atom. The maximum Gasteiger partial charge on any atom is 0.146 e. The number of hydrogen-bond donors (Lipinski definition) is 3. The average Bonchev–Trinajstić information content (AvgIpc) is 2.11. The lowest BCUT2D eigenvalue weighted by molar-refractivity contribution is -0.118. The lowest BCUT2D eigenvalue weighted by Crippen LogP contribution is -2.29. The van der Waals surface area contributed by atoms with E-state index in [1.54, 1.807) is 0 Å². The zero-order valence-corrected chi connectivity index (χ0v) is 8.59. The fraction of sp³-hybridized carbons (Fsp3) is 0.875. The number of aliphatic hydroxyl groups is 2. The van der Waals surface area contributed by atoms with Crippen LogP contribution >= 0.6 is 11.8 Å². The molecule has 0 saturated heterocycles. The number of carbonyl (C=O) groups excluding carboxylic acids is 1. The highest BCUT2D eigenvalue weighted by molar-refractivity contribution is 7.99. The summed E-state index contributed by atoms with van der Waals surface area (Å²) < 4.78 is 0. The van der Waals surface area contributed by atoms with E-state index < -0.39 is 12.1 Å². The van der Waals surface area contributed by atoms with E-state index in [1.165, 1.54) is 18.7 Å². The summed E-state index contributed by atoms with van der Waals surface area (Å²) in [6, 6.07) is -0.390. The van der Waals surface area contributed by atoms with Crippen molar-refractivity contribution >= 4 is 17.5 Å². The van der Waals surface area contributed by atoms with Crippen molar-refractivity contribution < 1.29 is 15.0 Å². The number of ketones is 1. The Kier molecular flexibility index (Phi) is 7.26. The molecule has 0 aromatic carbocycles. The minimum Gasteiger partial charge on any atom is -0.394 e. The van der Waals surface area contributed by atoms with Gasteiger partial charge in [-0.25, -0.2) is 0 Å². The van der Waals surface area contributed by atoms with Crippen molar-refractivity contribution in [3.63, 3.8) is 0 Å². The first kappa shape index (κ1) is 12.9. The number of hydrogen-bond acceptors (Lipinski definition) is 5. The van der Waals surface area contributed by atoms with Crippen molar-refractivity contribution in [3.05, 3.63) is 0 Å². The third-order valence-corrected chi connectivity index (χ3v) is 2.76. The van der Waals surface area contributed by atoms with Crippen molar-refractivity contribution in [3.8, 4) is 0 Å². The Labute approximate surface area is 82.5 Å². The van der Waals surface area contributed by atoms with Crippen LogP contribution in [0, 0.1) is 0 Å². The van der Waals surface area contributed by atoms with Crippen LogP contribution in [0.3, 0.4) is 0 Å². The highest BCUT2D eigenvalue weighted by Gasteiger charge is 2.08. The number of rotatable bonds is 7. The molecule has 2 atom stereocenters. The second-order valence-corrected chi connectivity index (χ2v) is 4.07. The van der Waals surface area contributed by atoms with Gasteiger partial charge in [-0.15, -0.1) is 0 Å².